The molecule has 3 heterocycles. The van der Waals surface area contributed by atoms with Gasteiger partial charge in [0.2, 0.25) is 5.56 Å². The number of pyridine rings is 2. The quantitative estimate of drug-likeness (QED) is 0.310. The summed E-state index contributed by atoms with van der Waals surface area (Å²) in [6.45, 7) is 0.987. The molecule has 0 aliphatic carbocycles. The van der Waals surface area contributed by atoms with Crippen LogP contribution >= 0.6 is 0 Å². The van der Waals surface area contributed by atoms with Crippen molar-refractivity contribution in [3.63, 3.8) is 0 Å². The Balaban J connectivity index is 0.00000240. The second-order valence-corrected chi connectivity index (χ2v) is 8.03. The van der Waals surface area contributed by atoms with Crippen LogP contribution in [0.1, 0.15) is 5.69 Å². The van der Waals surface area contributed by atoms with E-state index in [0.29, 0.717) is 11.3 Å². The predicted molar refractivity (Wildman–Crippen MR) is 112 cm³/mol. The van der Waals surface area contributed by atoms with E-state index >= 15 is 0 Å². The molecule has 0 fully saturated rings. The summed E-state index contributed by atoms with van der Waals surface area (Å²) in [5.41, 5.74) is 4.57. The summed E-state index contributed by atoms with van der Waals surface area (Å²) in [6, 6.07) is 13.4. The van der Waals surface area contributed by atoms with Gasteiger partial charge in [0.05, 0.1) is 51.7 Å². The van der Waals surface area contributed by atoms with E-state index in [4.69, 9.17) is 9.72 Å². The average Bonchev–Trinajstić information content (AvgIpc) is 3.03. The van der Waals surface area contributed by atoms with Crippen LogP contribution in [0.3, 0.4) is 0 Å². The minimum Gasteiger partial charge on any atom is -1.00 e. The number of aromatic amines is 1. The van der Waals surface area contributed by atoms with Gasteiger partial charge in [-0.25, -0.2) is 4.98 Å². The van der Waals surface area contributed by atoms with Crippen molar-refractivity contribution in [1.29, 1.82) is 0 Å². The van der Waals surface area contributed by atoms with Gasteiger partial charge in [-0.15, -0.1) is 0 Å². The Kier molecular flexibility index (Phi) is 6.00. The Morgan fingerprint density at radius 2 is 1.90 bits per heavy atom. The highest BCUT2D eigenvalue weighted by Crippen LogP contribution is 2.34. The fourth-order valence-electron chi connectivity index (χ4n) is 3.54. The van der Waals surface area contributed by atoms with Crippen molar-refractivity contribution < 1.29 is 33.2 Å². The number of quaternary nitrogens is 1. The van der Waals surface area contributed by atoms with Crippen LogP contribution in [0, 0.1) is 0 Å². The Morgan fingerprint density at radius 3 is 2.62 bits per heavy atom. The molecular formula is C22H25IN4O2. The van der Waals surface area contributed by atoms with Crippen molar-refractivity contribution in [3.8, 4) is 17.0 Å². The van der Waals surface area contributed by atoms with Gasteiger partial charge < -0.3 is 42.6 Å². The minimum atomic E-state index is -0.150. The van der Waals surface area contributed by atoms with E-state index in [9.17, 15) is 4.79 Å². The lowest BCUT2D eigenvalue weighted by Crippen LogP contribution is -3.00. The van der Waals surface area contributed by atoms with Gasteiger partial charge in [0.25, 0.3) is 0 Å². The lowest BCUT2D eigenvalue weighted by atomic mass is 10.0. The normalized spacial score (nSPS) is 11.6. The lowest BCUT2D eigenvalue weighted by molar-refractivity contribution is -0.870. The van der Waals surface area contributed by atoms with E-state index in [0.717, 1.165) is 39.7 Å². The molecule has 29 heavy (non-hydrogen) atoms. The second-order valence-electron chi connectivity index (χ2n) is 8.03. The molecule has 0 atom stereocenters. The molecule has 4 aromatic rings. The second kappa shape index (κ2) is 8.16. The van der Waals surface area contributed by atoms with Gasteiger partial charge in [0.15, 0.2) is 0 Å². The maximum absolute atomic E-state index is 11.9. The zero-order valence-electron chi connectivity index (χ0n) is 17.1. The van der Waals surface area contributed by atoms with Crippen molar-refractivity contribution in [2.75, 3.05) is 34.8 Å². The highest BCUT2D eigenvalue weighted by atomic mass is 127. The van der Waals surface area contributed by atoms with Crippen LogP contribution in [0.25, 0.3) is 27.8 Å². The molecule has 0 amide bonds. The van der Waals surface area contributed by atoms with Gasteiger partial charge in [-0.05, 0) is 30.3 Å². The van der Waals surface area contributed by atoms with Crippen molar-refractivity contribution in [2.45, 2.75) is 6.42 Å². The zero-order chi connectivity index (χ0) is 19.9. The monoisotopic (exact) mass is 504 g/mol. The number of ether oxygens (including phenoxy) is 1. The molecule has 6 nitrogen and oxygen atoms in total. The number of nitrogens with zero attached hydrogens (tertiary/aromatic N) is 3. The first-order valence-corrected chi connectivity index (χ1v) is 9.34. The van der Waals surface area contributed by atoms with Gasteiger partial charge in [-0.3, -0.25) is 4.79 Å². The van der Waals surface area contributed by atoms with Crippen LogP contribution in [0.2, 0.25) is 0 Å². The molecule has 0 saturated carbocycles. The number of likely N-dealkylation sites (N-methyl/N-ethyl adjacent to an activating group) is 1. The molecule has 0 aliphatic rings. The van der Waals surface area contributed by atoms with Crippen LogP contribution in [0.5, 0.6) is 5.75 Å². The number of rotatable bonds is 5. The van der Waals surface area contributed by atoms with E-state index in [1.54, 1.807) is 13.2 Å². The molecule has 0 radical (unpaired) electrons. The average molecular weight is 504 g/mol. The first-order valence-electron chi connectivity index (χ1n) is 9.34. The number of imidazole rings is 1. The summed E-state index contributed by atoms with van der Waals surface area (Å²) in [6.07, 6.45) is 2.95. The number of nitrogens with one attached hydrogen (secondary N) is 1. The smallest absolute Gasteiger partial charge is 0.248 e. The standard InChI is InChI=1S/C22H24N4O2.HI/c1-26(2,3)14-12-17-21(23-19-7-5-6-13-25(17)19)15-8-10-18(28-4)22-16(15)9-11-20(27)24-22;/h5-11,13H,12,14H2,1-4H3;1H. The van der Waals surface area contributed by atoms with Crippen LogP contribution in [-0.4, -0.2) is 53.6 Å². The topological polar surface area (TPSA) is 59.4 Å². The number of hydrogen-bond donors (Lipinski definition) is 1. The number of aromatic nitrogens is 3. The predicted octanol–water partition coefficient (Wildman–Crippen LogP) is 0.104. The van der Waals surface area contributed by atoms with E-state index in [2.05, 4.69) is 36.7 Å². The Labute approximate surface area is 186 Å². The highest BCUT2D eigenvalue weighted by molar-refractivity contribution is 5.97. The van der Waals surface area contributed by atoms with Crippen molar-refractivity contribution in [3.05, 3.63) is 64.7 Å². The largest absolute Gasteiger partial charge is 1.00 e. The fourth-order valence-corrected chi connectivity index (χ4v) is 3.54. The van der Waals surface area contributed by atoms with Crippen LogP contribution < -0.4 is 34.3 Å². The number of fused-ring (bicyclic) bond motifs is 2. The molecule has 0 spiro atoms. The minimum absolute atomic E-state index is 0. The Hall–Kier alpha value is -2.39. The summed E-state index contributed by atoms with van der Waals surface area (Å²) in [7, 11) is 8.18. The van der Waals surface area contributed by atoms with Crippen LogP contribution in [0.4, 0.5) is 0 Å². The first kappa shape index (κ1) is 21.3. The molecule has 0 unspecified atom stereocenters. The summed E-state index contributed by atoms with van der Waals surface area (Å²) in [4.78, 5) is 19.7. The van der Waals surface area contributed by atoms with Gasteiger partial charge >= 0.3 is 0 Å². The van der Waals surface area contributed by atoms with E-state index in [-0.39, 0.29) is 29.5 Å². The summed E-state index contributed by atoms with van der Waals surface area (Å²) < 4.78 is 8.49. The van der Waals surface area contributed by atoms with Crippen molar-refractivity contribution in [1.82, 2.24) is 14.4 Å². The Bertz CT molecular complexity index is 1220. The van der Waals surface area contributed by atoms with Crippen molar-refractivity contribution >= 4 is 16.6 Å². The maximum Gasteiger partial charge on any atom is 0.248 e. The molecule has 152 valence electrons. The van der Waals surface area contributed by atoms with Crippen LogP contribution in [0.15, 0.2) is 53.5 Å². The van der Waals surface area contributed by atoms with E-state index in [1.807, 2.05) is 36.4 Å². The number of methoxy groups -OCH3 is 1. The third-order valence-electron chi connectivity index (χ3n) is 4.98. The molecule has 0 bridgehead atoms. The molecule has 0 saturated heterocycles. The summed E-state index contributed by atoms with van der Waals surface area (Å²) in [5, 5.41) is 0.925. The van der Waals surface area contributed by atoms with E-state index in [1.165, 1.54) is 5.69 Å². The van der Waals surface area contributed by atoms with Gasteiger partial charge in [-0.2, -0.15) is 0 Å². The maximum atomic E-state index is 11.9. The SMILES string of the molecule is COc1ccc(-c2nc3ccccn3c2CC[N+](C)(C)C)c2ccc(=O)[nH]c12.[I-]. The van der Waals surface area contributed by atoms with Gasteiger partial charge in [0, 0.05) is 29.6 Å². The fraction of sp³-hybridized carbons (Fsp3) is 0.273. The molecule has 1 N–H and O–H groups in total. The van der Waals surface area contributed by atoms with Crippen LogP contribution in [-0.2, 0) is 6.42 Å². The third-order valence-corrected chi connectivity index (χ3v) is 4.98. The molecular weight excluding hydrogens is 479 g/mol. The zero-order valence-corrected chi connectivity index (χ0v) is 19.2. The third kappa shape index (κ3) is 4.16. The number of hydrogen-bond acceptors (Lipinski definition) is 3. The summed E-state index contributed by atoms with van der Waals surface area (Å²) >= 11 is 0. The van der Waals surface area contributed by atoms with Gasteiger partial charge in [0.1, 0.15) is 11.4 Å². The number of benzene rings is 1. The first-order chi connectivity index (χ1) is 13.4. The molecule has 1 aromatic carbocycles. The molecule has 0 aliphatic heterocycles. The number of halogens is 1. The van der Waals surface area contributed by atoms with Gasteiger partial charge in [-0.1, -0.05) is 6.07 Å². The lowest BCUT2D eigenvalue weighted by Gasteiger charge is -2.24. The molecule has 7 heteroatoms. The molecule has 3 aromatic heterocycles. The Morgan fingerprint density at radius 1 is 1.10 bits per heavy atom. The summed E-state index contributed by atoms with van der Waals surface area (Å²) in [5.74, 6) is 0.646. The van der Waals surface area contributed by atoms with E-state index < -0.39 is 0 Å². The van der Waals surface area contributed by atoms with Crippen molar-refractivity contribution in [2.24, 2.45) is 0 Å². The highest BCUT2D eigenvalue weighted by Gasteiger charge is 2.19. The molecule has 4 rings (SSSR count). The number of H-pyrrole nitrogens is 1.